The molecule has 1 heterocycles. The van der Waals surface area contributed by atoms with Crippen LogP contribution in [0, 0.1) is 0 Å². The number of halogens is 1. The monoisotopic (exact) mass is 303 g/mol. The van der Waals surface area contributed by atoms with E-state index < -0.39 is 10.2 Å². The third kappa shape index (κ3) is 3.75. The van der Waals surface area contributed by atoms with Crippen molar-refractivity contribution in [3.05, 3.63) is 23.2 Å². The Bertz CT molecular complexity index is 540. The Morgan fingerprint density at radius 2 is 1.79 bits per heavy atom. The van der Waals surface area contributed by atoms with Gasteiger partial charge in [-0.05, 0) is 31.0 Å². The lowest BCUT2D eigenvalue weighted by Crippen LogP contribution is -2.36. The molecule has 106 valence electrons. The summed E-state index contributed by atoms with van der Waals surface area (Å²) in [5.74, 6) is 0. The molecule has 1 saturated heterocycles. The molecule has 1 aliphatic heterocycles. The zero-order valence-electron chi connectivity index (χ0n) is 10.6. The molecular formula is C12H18ClN3O2S. The number of hydrogen-bond donors (Lipinski definition) is 2. The molecule has 5 nitrogen and oxygen atoms in total. The number of nitrogens with one attached hydrogen (secondary N) is 1. The molecule has 0 radical (unpaired) electrons. The van der Waals surface area contributed by atoms with Crippen LogP contribution in [-0.2, 0) is 10.2 Å². The lowest BCUT2D eigenvalue weighted by molar-refractivity contribution is 0.427. The molecule has 0 amide bonds. The molecule has 0 aliphatic carbocycles. The van der Waals surface area contributed by atoms with Crippen molar-refractivity contribution in [2.45, 2.75) is 25.7 Å². The number of hydrogen-bond acceptors (Lipinski definition) is 3. The molecule has 1 aromatic carbocycles. The van der Waals surface area contributed by atoms with Crippen LogP contribution in [0.5, 0.6) is 0 Å². The SMILES string of the molecule is Nc1ccc(Cl)c(NS(=O)(=O)N2CCCCCC2)c1. The van der Waals surface area contributed by atoms with Gasteiger partial charge < -0.3 is 5.73 Å². The number of anilines is 2. The van der Waals surface area contributed by atoms with Gasteiger partial charge in [-0.15, -0.1) is 0 Å². The molecule has 19 heavy (non-hydrogen) atoms. The lowest BCUT2D eigenvalue weighted by atomic mass is 10.2. The fourth-order valence-electron chi connectivity index (χ4n) is 2.11. The molecular weight excluding hydrogens is 286 g/mol. The second kappa shape index (κ2) is 5.98. The van der Waals surface area contributed by atoms with E-state index in [2.05, 4.69) is 4.72 Å². The van der Waals surface area contributed by atoms with Crippen LogP contribution < -0.4 is 10.5 Å². The van der Waals surface area contributed by atoms with E-state index in [0.717, 1.165) is 25.7 Å². The fourth-order valence-corrected chi connectivity index (χ4v) is 3.64. The molecule has 0 unspecified atom stereocenters. The minimum atomic E-state index is -3.56. The Morgan fingerprint density at radius 1 is 1.16 bits per heavy atom. The average molecular weight is 304 g/mol. The van der Waals surface area contributed by atoms with Gasteiger partial charge in [-0.2, -0.15) is 12.7 Å². The Morgan fingerprint density at radius 3 is 2.42 bits per heavy atom. The third-order valence-electron chi connectivity index (χ3n) is 3.13. The molecule has 0 spiro atoms. The third-order valence-corrected chi connectivity index (χ3v) is 4.99. The summed E-state index contributed by atoms with van der Waals surface area (Å²) >= 11 is 5.97. The van der Waals surface area contributed by atoms with Crippen LogP contribution in [-0.4, -0.2) is 25.8 Å². The minimum Gasteiger partial charge on any atom is -0.399 e. The van der Waals surface area contributed by atoms with Crippen molar-refractivity contribution < 1.29 is 8.42 Å². The van der Waals surface area contributed by atoms with E-state index >= 15 is 0 Å². The van der Waals surface area contributed by atoms with Gasteiger partial charge >= 0.3 is 10.2 Å². The number of benzene rings is 1. The molecule has 1 fully saturated rings. The molecule has 7 heteroatoms. The molecule has 1 aromatic rings. The topological polar surface area (TPSA) is 75.4 Å². The van der Waals surface area contributed by atoms with Crippen molar-refractivity contribution in [2.75, 3.05) is 23.5 Å². The Hall–Kier alpha value is -0.980. The Kier molecular flexibility index (Phi) is 4.54. The summed E-state index contributed by atoms with van der Waals surface area (Å²) in [4.78, 5) is 0. The summed E-state index contributed by atoms with van der Waals surface area (Å²) in [5.41, 5.74) is 6.44. The van der Waals surface area contributed by atoms with E-state index in [9.17, 15) is 8.42 Å². The summed E-state index contributed by atoms with van der Waals surface area (Å²) in [7, 11) is -3.56. The maximum atomic E-state index is 12.3. The Balaban J connectivity index is 2.18. The Labute approximate surface area is 118 Å². The summed E-state index contributed by atoms with van der Waals surface area (Å²) in [6.45, 7) is 1.10. The molecule has 0 aromatic heterocycles. The normalized spacial score (nSPS) is 17.9. The first kappa shape index (κ1) is 14.4. The van der Waals surface area contributed by atoms with Crippen LogP contribution in [0.1, 0.15) is 25.7 Å². The van der Waals surface area contributed by atoms with Gasteiger partial charge in [0.1, 0.15) is 0 Å². The van der Waals surface area contributed by atoms with Crippen LogP contribution in [0.3, 0.4) is 0 Å². The predicted molar refractivity (Wildman–Crippen MR) is 78.4 cm³/mol. The molecule has 0 saturated carbocycles. The van der Waals surface area contributed by atoms with Crippen LogP contribution >= 0.6 is 11.6 Å². The minimum absolute atomic E-state index is 0.325. The van der Waals surface area contributed by atoms with E-state index in [4.69, 9.17) is 17.3 Å². The average Bonchev–Trinajstić information content (AvgIpc) is 2.63. The quantitative estimate of drug-likeness (QED) is 0.842. The van der Waals surface area contributed by atoms with Gasteiger partial charge in [-0.3, -0.25) is 4.72 Å². The summed E-state index contributed by atoms with van der Waals surface area (Å²) in [6.07, 6.45) is 3.94. The molecule has 1 aliphatic rings. The van der Waals surface area contributed by atoms with E-state index in [1.165, 1.54) is 10.4 Å². The van der Waals surface area contributed by atoms with Crippen molar-refractivity contribution in [2.24, 2.45) is 0 Å². The van der Waals surface area contributed by atoms with E-state index in [-0.39, 0.29) is 0 Å². The van der Waals surface area contributed by atoms with Gasteiger partial charge in [-0.1, -0.05) is 24.4 Å². The van der Waals surface area contributed by atoms with E-state index in [1.54, 1.807) is 12.1 Å². The smallest absolute Gasteiger partial charge is 0.301 e. The molecule has 2 rings (SSSR count). The van der Waals surface area contributed by atoms with E-state index in [1.807, 2.05) is 0 Å². The van der Waals surface area contributed by atoms with Gasteiger partial charge in [0.2, 0.25) is 0 Å². The van der Waals surface area contributed by atoms with E-state index in [0.29, 0.717) is 29.5 Å². The van der Waals surface area contributed by atoms with Crippen LogP contribution in [0.2, 0.25) is 5.02 Å². The first-order valence-corrected chi connectivity index (χ1v) is 8.14. The highest BCUT2D eigenvalue weighted by Gasteiger charge is 2.23. The van der Waals surface area contributed by atoms with Crippen molar-refractivity contribution in [3.63, 3.8) is 0 Å². The maximum Gasteiger partial charge on any atom is 0.301 e. The largest absolute Gasteiger partial charge is 0.399 e. The summed E-state index contributed by atoms with van der Waals surface area (Å²) < 4.78 is 28.6. The fraction of sp³-hybridized carbons (Fsp3) is 0.500. The van der Waals surface area contributed by atoms with Gasteiger partial charge in [0.15, 0.2) is 0 Å². The van der Waals surface area contributed by atoms with Gasteiger partial charge in [0, 0.05) is 18.8 Å². The number of nitrogen functional groups attached to an aromatic ring is 1. The van der Waals surface area contributed by atoms with Crippen LogP contribution in [0.25, 0.3) is 0 Å². The first-order valence-electron chi connectivity index (χ1n) is 6.32. The molecule has 3 N–H and O–H groups in total. The van der Waals surface area contributed by atoms with Crippen LogP contribution in [0.4, 0.5) is 11.4 Å². The van der Waals surface area contributed by atoms with Gasteiger partial charge in [0.05, 0.1) is 10.7 Å². The number of nitrogens with zero attached hydrogens (tertiary/aromatic N) is 1. The zero-order valence-corrected chi connectivity index (χ0v) is 12.2. The zero-order chi connectivity index (χ0) is 13.9. The van der Waals surface area contributed by atoms with Crippen molar-refractivity contribution in [3.8, 4) is 0 Å². The highest BCUT2D eigenvalue weighted by molar-refractivity contribution is 7.90. The van der Waals surface area contributed by atoms with Gasteiger partial charge in [0.25, 0.3) is 0 Å². The van der Waals surface area contributed by atoms with Gasteiger partial charge in [-0.25, -0.2) is 0 Å². The first-order chi connectivity index (χ1) is 8.99. The second-order valence-electron chi connectivity index (χ2n) is 4.66. The van der Waals surface area contributed by atoms with Crippen molar-refractivity contribution in [1.82, 2.24) is 4.31 Å². The maximum absolute atomic E-state index is 12.3. The summed E-state index contributed by atoms with van der Waals surface area (Å²) in [5, 5.41) is 0.340. The number of rotatable bonds is 3. The predicted octanol–water partition coefficient (Wildman–Crippen LogP) is 2.45. The molecule has 0 atom stereocenters. The van der Waals surface area contributed by atoms with Crippen molar-refractivity contribution in [1.29, 1.82) is 0 Å². The lowest BCUT2D eigenvalue weighted by Gasteiger charge is -2.21. The highest BCUT2D eigenvalue weighted by atomic mass is 35.5. The second-order valence-corrected chi connectivity index (χ2v) is 6.74. The van der Waals surface area contributed by atoms with Crippen LogP contribution in [0.15, 0.2) is 18.2 Å². The standard InChI is InChI=1S/C12H18ClN3O2S/c13-11-6-5-10(14)9-12(11)15-19(17,18)16-7-3-1-2-4-8-16/h5-6,9,15H,1-4,7-8,14H2. The highest BCUT2D eigenvalue weighted by Crippen LogP contribution is 2.26. The number of nitrogens with two attached hydrogens (primary N) is 1. The van der Waals surface area contributed by atoms with Crippen molar-refractivity contribution >= 4 is 33.2 Å². The molecule has 0 bridgehead atoms. The summed E-state index contributed by atoms with van der Waals surface area (Å²) in [6, 6.07) is 4.74.